The lowest BCUT2D eigenvalue weighted by Gasteiger charge is -2.07. The van der Waals surface area contributed by atoms with E-state index in [-0.39, 0.29) is 25.0 Å². The molecule has 0 rings (SSSR count). The molecule has 0 aliphatic carbocycles. The van der Waals surface area contributed by atoms with Crippen LogP contribution in [0.15, 0.2) is 0 Å². The van der Waals surface area contributed by atoms with E-state index in [9.17, 15) is 9.59 Å². The number of esters is 1. The molecule has 0 heterocycles. The van der Waals surface area contributed by atoms with Gasteiger partial charge in [-0.15, -0.1) is 0 Å². The number of amides is 1. The molecule has 1 amide bonds. The fourth-order valence-corrected chi connectivity index (χ4v) is 1.06. The molecule has 0 unspecified atom stereocenters. The van der Waals surface area contributed by atoms with Crippen LogP contribution in [-0.4, -0.2) is 65.0 Å². The Kier molecular flexibility index (Phi) is 11.5. The molecule has 7 nitrogen and oxygen atoms in total. The van der Waals surface area contributed by atoms with Gasteiger partial charge in [0.1, 0.15) is 6.61 Å². The topological polar surface area (TPSA) is 85.9 Å². The summed E-state index contributed by atoms with van der Waals surface area (Å²) >= 11 is 0. The molecule has 0 radical (unpaired) electrons. The van der Waals surface area contributed by atoms with Crippen LogP contribution >= 0.6 is 0 Å². The molecule has 7 heteroatoms. The summed E-state index contributed by atoms with van der Waals surface area (Å²) in [5.74, 6) is -0.479. The Morgan fingerprint density at radius 3 is 2.61 bits per heavy atom. The summed E-state index contributed by atoms with van der Waals surface area (Å²) in [7, 11) is 1.57. The van der Waals surface area contributed by atoms with Gasteiger partial charge in [-0.3, -0.25) is 4.79 Å². The second-order valence-electron chi connectivity index (χ2n) is 3.38. The standard InChI is InChI=1S/C11H22N2O5/c1-3-18-11(15)9-17-7-4-12-8-10(14)13-5-6-16-2/h12H,3-9H2,1-2H3,(H,13,14). The Hall–Kier alpha value is -1.18. The highest BCUT2D eigenvalue weighted by Crippen LogP contribution is 1.80. The SMILES string of the molecule is CCOC(=O)COCCNCC(=O)NCCOC. The first-order chi connectivity index (χ1) is 8.70. The van der Waals surface area contributed by atoms with Crippen LogP contribution in [0.2, 0.25) is 0 Å². The minimum Gasteiger partial charge on any atom is -0.464 e. The molecule has 0 atom stereocenters. The summed E-state index contributed by atoms with van der Waals surface area (Å²) in [6.07, 6.45) is 0. The molecule has 106 valence electrons. The predicted molar refractivity (Wildman–Crippen MR) is 65.2 cm³/mol. The lowest BCUT2D eigenvalue weighted by molar-refractivity contribution is -0.148. The number of hydrogen-bond acceptors (Lipinski definition) is 6. The number of carbonyl (C=O) groups excluding carboxylic acids is 2. The number of carbonyl (C=O) groups is 2. The zero-order valence-corrected chi connectivity index (χ0v) is 11.0. The van der Waals surface area contributed by atoms with Crippen LogP contribution in [0, 0.1) is 0 Å². The van der Waals surface area contributed by atoms with Crippen molar-refractivity contribution >= 4 is 11.9 Å². The van der Waals surface area contributed by atoms with E-state index in [1.165, 1.54) is 0 Å². The molecule has 0 aromatic rings. The number of ether oxygens (including phenoxy) is 3. The molecule has 0 aromatic heterocycles. The van der Waals surface area contributed by atoms with Crippen LogP contribution < -0.4 is 10.6 Å². The van der Waals surface area contributed by atoms with Crippen molar-refractivity contribution in [3.8, 4) is 0 Å². The van der Waals surface area contributed by atoms with Gasteiger partial charge in [-0.25, -0.2) is 4.79 Å². The number of methoxy groups -OCH3 is 1. The fourth-order valence-electron chi connectivity index (χ4n) is 1.06. The van der Waals surface area contributed by atoms with Crippen LogP contribution in [0.3, 0.4) is 0 Å². The van der Waals surface area contributed by atoms with E-state index in [4.69, 9.17) is 9.47 Å². The van der Waals surface area contributed by atoms with Crippen molar-refractivity contribution in [3.05, 3.63) is 0 Å². The van der Waals surface area contributed by atoms with Gasteiger partial charge in [0.15, 0.2) is 0 Å². The van der Waals surface area contributed by atoms with E-state index in [0.717, 1.165) is 0 Å². The summed E-state index contributed by atoms with van der Waals surface area (Å²) in [5.41, 5.74) is 0. The van der Waals surface area contributed by atoms with Gasteiger partial charge in [0.2, 0.25) is 5.91 Å². The van der Waals surface area contributed by atoms with Crippen molar-refractivity contribution in [2.24, 2.45) is 0 Å². The Labute approximate surface area is 107 Å². The van der Waals surface area contributed by atoms with E-state index >= 15 is 0 Å². The third-order valence-electron chi connectivity index (χ3n) is 1.86. The first kappa shape index (κ1) is 16.8. The largest absolute Gasteiger partial charge is 0.464 e. The molecule has 0 aromatic carbocycles. The van der Waals surface area contributed by atoms with Gasteiger partial charge in [-0.05, 0) is 6.92 Å². The molecule has 18 heavy (non-hydrogen) atoms. The molecule has 0 fully saturated rings. The van der Waals surface area contributed by atoms with Crippen LogP contribution in [0.1, 0.15) is 6.92 Å². The Morgan fingerprint density at radius 2 is 1.94 bits per heavy atom. The van der Waals surface area contributed by atoms with Crippen molar-refractivity contribution in [2.75, 3.05) is 53.2 Å². The molecule has 0 saturated carbocycles. The molecule has 0 saturated heterocycles. The molecule has 0 aliphatic rings. The Morgan fingerprint density at radius 1 is 1.17 bits per heavy atom. The van der Waals surface area contributed by atoms with Crippen molar-refractivity contribution in [1.29, 1.82) is 0 Å². The maximum atomic E-state index is 11.2. The van der Waals surface area contributed by atoms with E-state index < -0.39 is 0 Å². The molecular formula is C11H22N2O5. The smallest absolute Gasteiger partial charge is 0.332 e. The van der Waals surface area contributed by atoms with Gasteiger partial charge in [0.25, 0.3) is 0 Å². The predicted octanol–water partition coefficient (Wildman–Crippen LogP) is -1.08. The average Bonchev–Trinajstić information content (AvgIpc) is 2.34. The molecule has 0 aliphatic heterocycles. The quantitative estimate of drug-likeness (QED) is 0.364. The first-order valence-corrected chi connectivity index (χ1v) is 5.90. The second-order valence-corrected chi connectivity index (χ2v) is 3.38. The monoisotopic (exact) mass is 262 g/mol. The normalized spacial score (nSPS) is 10.1. The van der Waals surface area contributed by atoms with E-state index in [0.29, 0.717) is 32.9 Å². The Balaban J connectivity index is 3.24. The van der Waals surface area contributed by atoms with Gasteiger partial charge in [-0.2, -0.15) is 0 Å². The van der Waals surface area contributed by atoms with Gasteiger partial charge in [0.05, 0.1) is 26.4 Å². The van der Waals surface area contributed by atoms with Crippen molar-refractivity contribution in [3.63, 3.8) is 0 Å². The third-order valence-corrected chi connectivity index (χ3v) is 1.86. The van der Waals surface area contributed by atoms with Crippen LogP contribution in [-0.2, 0) is 23.8 Å². The highest BCUT2D eigenvalue weighted by molar-refractivity contribution is 5.77. The van der Waals surface area contributed by atoms with Gasteiger partial charge in [-0.1, -0.05) is 0 Å². The number of nitrogens with one attached hydrogen (secondary N) is 2. The number of hydrogen-bond donors (Lipinski definition) is 2. The maximum absolute atomic E-state index is 11.2. The second kappa shape index (κ2) is 12.3. The zero-order chi connectivity index (χ0) is 13.6. The number of rotatable bonds is 11. The zero-order valence-electron chi connectivity index (χ0n) is 11.0. The summed E-state index contributed by atoms with van der Waals surface area (Å²) in [4.78, 5) is 22.1. The summed E-state index contributed by atoms with van der Waals surface area (Å²) in [6, 6.07) is 0. The summed E-state index contributed by atoms with van der Waals surface area (Å²) in [6.45, 7) is 4.08. The summed E-state index contributed by atoms with van der Waals surface area (Å²) in [5, 5.41) is 5.56. The minimum atomic E-state index is -0.380. The highest BCUT2D eigenvalue weighted by atomic mass is 16.6. The fraction of sp³-hybridized carbons (Fsp3) is 0.818. The van der Waals surface area contributed by atoms with Crippen molar-refractivity contribution < 1.29 is 23.8 Å². The average molecular weight is 262 g/mol. The lowest BCUT2D eigenvalue weighted by atomic mass is 10.5. The first-order valence-electron chi connectivity index (χ1n) is 5.90. The molecule has 0 bridgehead atoms. The van der Waals surface area contributed by atoms with Gasteiger partial charge in [0, 0.05) is 20.2 Å². The third kappa shape index (κ3) is 11.3. The van der Waals surface area contributed by atoms with Crippen LogP contribution in [0.5, 0.6) is 0 Å². The van der Waals surface area contributed by atoms with E-state index in [1.807, 2.05) is 0 Å². The molecular weight excluding hydrogens is 240 g/mol. The lowest BCUT2D eigenvalue weighted by Crippen LogP contribution is -2.36. The Bertz CT molecular complexity index is 235. The molecule has 2 N–H and O–H groups in total. The van der Waals surface area contributed by atoms with E-state index in [2.05, 4.69) is 15.4 Å². The van der Waals surface area contributed by atoms with E-state index in [1.54, 1.807) is 14.0 Å². The molecule has 0 spiro atoms. The van der Waals surface area contributed by atoms with Gasteiger partial charge >= 0.3 is 5.97 Å². The van der Waals surface area contributed by atoms with Crippen molar-refractivity contribution in [2.45, 2.75) is 6.92 Å². The minimum absolute atomic E-state index is 0.0600. The summed E-state index contributed by atoms with van der Waals surface area (Å²) < 4.78 is 14.5. The highest BCUT2D eigenvalue weighted by Gasteiger charge is 2.01. The van der Waals surface area contributed by atoms with Crippen molar-refractivity contribution in [1.82, 2.24) is 10.6 Å². The van der Waals surface area contributed by atoms with Crippen LogP contribution in [0.4, 0.5) is 0 Å². The van der Waals surface area contributed by atoms with Crippen LogP contribution in [0.25, 0.3) is 0 Å². The van der Waals surface area contributed by atoms with Gasteiger partial charge < -0.3 is 24.8 Å². The maximum Gasteiger partial charge on any atom is 0.332 e.